The average molecular weight is 230 g/mol. The standard InChI is InChI=1S/C10H12F2N2O2/c1-5-2-6(4-13)7(3-8(15)16)14-9(5)10(11)12/h2,10H,3-4,13H2,1H3,(H,15,16). The molecule has 1 aromatic rings. The monoisotopic (exact) mass is 230 g/mol. The lowest BCUT2D eigenvalue weighted by Crippen LogP contribution is -2.12. The van der Waals surface area contributed by atoms with Gasteiger partial charge in [0.1, 0.15) is 5.69 Å². The molecule has 0 radical (unpaired) electrons. The summed E-state index contributed by atoms with van der Waals surface area (Å²) in [6.45, 7) is 1.58. The van der Waals surface area contributed by atoms with Gasteiger partial charge < -0.3 is 10.8 Å². The van der Waals surface area contributed by atoms with Crippen molar-refractivity contribution in [3.63, 3.8) is 0 Å². The van der Waals surface area contributed by atoms with E-state index in [0.717, 1.165) is 0 Å². The van der Waals surface area contributed by atoms with Crippen molar-refractivity contribution in [3.8, 4) is 0 Å². The minimum Gasteiger partial charge on any atom is -0.481 e. The molecule has 0 aliphatic heterocycles. The van der Waals surface area contributed by atoms with Crippen molar-refractivity contribution < 1.29 is 18.7 Å². The Labute approximate surface area is 91.1 Å². The Balaban J connectivity index is 3.22. The third kappa shape index (κ3) is 2.73. The molecule has 0 bridgehead atoms. The number of halogens is 2. The molecule has 0 fully saturated rings. The molecule has 0 aliphatic rings. The van der Waals surface area contributed by atoms with Crippen LogP contribution in [-0.2, 0) is 17.8 Å². The first-order valence-electron chi connectivity index (χ1n) is 4.65. The lowest BCUT2D eigenvalue weighted by Gasteiger charge is -2.10. The fourth-order valence-corrected chi connectivity index (χ4v) is 1.42. The van der Waals surface area contributed by atoms with E-state index in [1.54, 1.807) is 0 Å². The summed E-state index contributed by atoms with van der Waals surface area (Å²) in [5.74, 6) is -1.12. The van der Waals surface area contributed by atoms with E-state index in [1.807, 2.05) is 0 Å². The third-order valence-corrected chi connectivity index (χ3v) is 2.17. The number of hydrogen-bond acceptors (Lipinski definition) is 3. The molecule has 0 aromatic carbocycles. The number of hydrogen-bond donors (Lipinski definition) is 2. The second-order valence-electron chi connectivity index (χ2n) is 3.37. The first-order chi connectivity index (χ1) is 7.45. The highest BCUT2D eigenvalue weighted by Crippen LogP contribution is 2.22. The van der Waals surface area contributed by atoms with Crippen LogP contribution in [0.4, 0.5) is 8.78 Å². The fraction of sp³-hybridized carbons (Fsp3) is 0.400. The van der Waals surface area contributed by atoms with E-state index in [0.29, 0.717) is 11.1 Å². The van der Waals surface area contributed by atoms with Crippen molar-refractivity contribution in [2.75, 3.05) is 0 Å². The second kappa shape index (κ2) is 4.98. The van der Waals surface area contributed by atoms with Gasteiger partial charge in [0, 0.05) is 6.54 Å². The maximum Gasteiger partial charge on any atom is 0.309 e. The number of aliphatic carboxylic acids is 1. The van der Waals surface area contributed by atoms with Gasteiger partial charge in [-0.2, -0.15) is 0 Å². The zero-order valence-electron chi connectivity index (χ0n) is 8.70. The highest BCUT2D eigenvalue weighted by Gasteiger charge is 2.17. The van der Waals surface area contributed by atoms with Crippen LogP contribution in [0.3, 0.4) is 0 Å². The summed E-state index contributed by atoms with van der Waals surface area (Å²) in [5.41, 5.74) is 5.94. The van der Waals surface area contributed by atoms with Crippen LogP contribution in [0.1, 0.15) is 28.9 Å². The van der Waals surface area contributed by atoms with Crippen LogP contribution < -0.4 is 5.73 Å². The van der Waals surface area contributed by atoms with Gasteiger partial charge >= 0.3 is 5.97 Å². The second-order valence-corrected chi connectivity index (χ2v) is 3.37. The van der Waals surface area contributed by atoms with Gasteiger partial charge in [-0.1, -0.05) is 6.07 Å². The smallest absolute Gasteiger partial charge is 0.309 e. The van der Waals surface area contributed by atoms with Crippen molar-refractivity contribution >= 4 is 5.97 Å². The lowest BCUT2D eigenvalue weighted by atomic mass is 10.1. The van der Waals surface area contributed by atoms with Gasteiger partial charge in [0.05, 0.1) is 12.1 Å². The number of aromatic nitrogens is 1. The van der Waals surface area contributed by atoms with Gasteiger partial charge in [-0.25, -0.2) is 8.78 Å². The minimum atomic E-state index is -2.71. The van der Waals surface area contributed by atoms with Gasteiger partial charge in [0.15, 0.2) is 0 Å². The topological polar surface area (TPSA) is 76.2 Å². The summed E-state index contributed by atoms with van der Waals surface area (Å²) >= 11 is 0. The number of rotatable bonds is 4. The van der Waals surface area contributed by atoms with E-state index in [9.17, 15) is 13.6 Å². The summed E-state index contributed by atoms with van der Waals surface area (Å²) in [7, 11) is 0. The maximum atomic E-state index is 12.5. The molecular weight excluding hydrogens is 218 g/mol. The number of carboxylic acid groups (broad SMARTS) is 1. The molecular formula is C10H12F2N2O2. The molecule has 0 unspecified atom stereocenters. The minimum absolute atomic E-state index is 0.0833. The van der Waals surface area contributed by atoms with Crippen LogP contribution in [0.15, 0.2) is 6.07 Å². The van der Waals surface area contributed by atoms with Gasteiger partial charge in [-0.3, -0.25) is 9.78 Å². The number of pyridine rings is 1. The van der Waals surface area contributed by atoms with Crippen LogP contribution in [0.2, 0.25) is 0 Å². The van der Waals surface area contributed by atoms with Crippen LogP contribution >= 0.6 is 0 Å². The normalized spacial score (nSPS) is 10.8. The molecule has 0 saturated carbocycles. The molecule has 1 rings (SSSR count). The molecule has 6 heteroatoms. The van der Waals surface area contributed by atoms with Gasteiger partial charge in [0.2, 0.25) is 0 Å². The Bertz CT molecular complexity index is 408. The SMILES string of the molecule is Cc1cc(CN)c(CC(=O)O)nc1C(F)F. The molecule has 0 amide bonds. The van der Waals surface area contributed by atoms with Crippen LogP contribution in [0.5, 0.6) is 0 Å². The van der Waals surface area contributed by atoms with Crippen LogP contribution in [0, 0.1) is 6.92 Å². The predicted octanol–water partition coefficient (Wildman–Crippen LogP) is 1.41. The number of alkyl halides is 2. The Morgan fingerprint density at radius 3 is 2.69 bits per heavy atom. The number of nitrogens with two attached hydrogens (primary N) is 1. The third-order valence-electron chi connectivity index (χ3n) is 2.17. The summed E-state index contributed by atoms with van der Waals surface area (Å²) in [5, 5.41) is 8.62. The molecule has 0 spiro atoms. The Morgan fingerprint density at radius 1 is 1.62 bits per heavy atom. The molecule has 4 nitrogen and oxygen atoms in total. The lowest BCUT2D eigenvalue weighted by molar-refractivity contribution is -0.136. The van der Waals surface area contributed by atoms with Crippen molar-refractivity contribution in [2.24, 2.45) is 5.73 Å². The molecule has 1 heterocycles. The molecule has 0 aliphatic carbocycles. The van der Waals surface area contributed by atoms with Gasteiger partial charge in [-0.15, -0.1) is 0 Å². The van der Waals surface area contributed by atoms with E-state index in [4.69, 9.17) is 10.8 Å². The van der Waals surface area contributed by atoms with E-state index < -0.39 is 18.8 Å². The van der Waals surface area contributed by atoms with Crippen molar-refractivity contribution in [1.29, 1.82) is 0 Å². The molecule has 3 N–H and O–H groups in total. The summed E-state index contributed by atoms with van der Waals surface area (Å²) < 4.78 is 25.1. The quantitative estimate of drug-likeness (QED) is 0.820. The highest BCUT2D eigenvalue weighted by molar-refractivity contribution is 5.70. The van der Waals surface area contributed by atoms with Crippen molar-refractivity contribution in [2.45, 2.75) is 26.3 Å². The number of nitrogens with zero attached hydrogens (tertiary/aromatic N) is 1. The molecule has 1 aromatic heterocycles. The van der Waals surface area contributed by atoms with Gasteiger partial charge in [0.25, 0.3) is 6.43 Å². The van der Waals surface area contributed by atoms with E-state index >= 15 is 0 Å². The average Bonchev–Trinajstić information content (AvgIpc) is 2.18. The predicted molar refractivity (Wildman–Crippen MR) is 53.2 cm³/mol. The Morgan fingerprint density at radius 2 is 2.25 bits per heavy atom. The summed E-state index contributed by atoms with van der Waals surface area (Å²) in [6.07, 6.45) is -3.11. The highest BCUT2D eigenvalue weighted by atomic mass is 19.3. The van der Waals surface area contributed by atoms with Crippen molar-refractivity contribution in [1.82, 2.24) is 4.98 Å². The van der Waals surface area contributed by atoms with Crippen molar-refractivity contribution in [3.05, 3.63) is 28.6 Å². The summed E-state index contributed by atoms with van der Waals surface area (Å²) in [6, 6.07) is 1.47. The fourth-order valence-electron chi connectivity index (χ4n) is 1.42. The first-order valence-corrected chi connectivity index (χ1v) is 4.65. The maximum absolute atomic E-state index is 12.5. The van der Waals surface area contributed by atoms with Crippen LogP contribution in [-0.4, -0.2) is 16.1 Å². The number of aryl methyl sites for hydroxylation is 1. The zero-order valence-corrected chi connectivity index (χ0v) is 8.70. The Hall–Kier alpha value is -1.56. The Kier molecular flexibility index (Phi) is 3.89. The van der Waals surface area contributed by atoms with Crippen LogP contribution in [0.25, 0.3) is 0 Å². The molecule has 0 saturated heterocycles. The number of carboxylic acids is 1. The van der Waals surface area contributed by atoms with Gasteiger partial charge in [-0.05, 0) is 18.1 Å². The van der Waals surface area contributed by atoms with E-state index in [-0.39, 0.29) is 17.9 Å². The van der Waals surface area contributed by atoms with E-state index in [2.05, 4.69) is 4.98 Å². The number of carbonyl (C=O) groups is 1. The first kappa shape index (κ1) is 12.5. The molecule has 0 atom stereocenters. The summed E-state index contributed by atoms with van der Waals surface area (Å²) in [4.78, 5) is 14.2. The molecule has 16 heavy (non-hydrogen) atoms. The zero-order chi connectivity index (χ0) is 12.3. The van der Waals surface area contributed by atoms with E-state index in [1.165, 1.54) is 13.0 Å². The molecule has 88 valence electrons. The largest absolute Gasteiger partial charge is 0.481 e.